The minimum absolute atomic E-state index is 0.0372. The summed E-state index contributed by atoms with van der Waals surface area (Å²) in [7, 11) is -4.05. The van der Waals surface area contributed by atoms with E-state index in [1.54, 1.807) is 36.5 Å². The Bertz CT molecular complexity index is 1080. The standard InChI is InChI=1S/C19H15Cl2N3O3S/c20-14-8-9-18(17(21)11-14)24(28(26,27)16-6-2-1-3-7-16)13-19(25)23-15-5-4-10-22-12-15/h1-12H,13H2,(H,23,25). The van der Waals surface area contributed by atoms with Crippen molar-refractivity contribution in [1.82, 2.24) is 4.98 Å². The topological polar surface area (TPSA) is 79.4 Å². The van der Waals surface area contributed by atoms with Crippen LogP contribution in [0.2, 0.25) is 10.0 Å². The van der Waals surface area contributed by atoms with Gasteiger partial charge in [0.15, 0.2) is 0 Å². The lowest BCUT2D eigenvalue weighted by molar-refractivity contribution is -0.114. The molecule has 144 valence electrons. The number of hydrogen-bond acceptors (Lipinski definition) is 4. The van der Waals surface area contributed by atoms with Crippen molar-refractivity contribution in [2.45, 2.75) is 4.90 Å². The number of carbonyl (C=O) groups excluding carboxylic acids is 1. The molecule has 0 aliphatic carbocycles. The maximum atomic E-state index is 13.2. The van der Waals surface area contributed by atoms with Gasteiger partial charge in [0.05, 0.1) is 27.5 Å². The smallest absolute Gasteiger partial charge is 0.264 e. The average Bonchev–Trinajstić information content (AvgIpc) is 2.68. The summed E-state index contributed by atoms with van der Waals surface area (Å²) >= 11 is 12.2. The lowest BCUT2D eigenvalue weighted by atomic mass is 10.3. The lowest BCUT2D eigenvalue weighted by Crippen LogP contribution is -2.38. The molecular formula is C19H15Cl2N3O3S. The minimum atomic E-state index is -4.05. The number of amides is 1. The molecule has 0 radical (unpaired) electrons. The van der Waals surface area contributed by atoms with Gasteiger partial charge in [-0.1, -0.05) is 41.4 Å². The van der Waals surface area contributed by atoms with E-state index in [1.165, 1.54) is 36.5 Å². The van der Waals surface area contributed by atoms with Crippen LogP contribution in [-0.2, 0) is 14.8 Å². The number of pyridine rings is 1. The molecule has 1 heterocycles. The zero-order chi connectivity index (χ0) is 20.1. The highest BCUT2D eigenvalue weighted by molar-refractivity contribution is 7.92. The van der Waals surface area contributed by atoms with Crippen molar-refractivity contribution in [3.63, 3.8) is 0 Å². The second kappa shape index (κ2) is 8.60. The number of anilines is 2. The molecule has 3 aromatic rings. The molecule has 0 saturated carbocycles. The Kier molecular flexibility index (Phi) is 6.18. The minimum Gasteiger partial charge on any atom is -0.323 e. The Morgan fingerprint density at radius 1 is 1.04 bits per heavy atom. The number of halogens is 2. The average molecular weight is 436 g/mol. The van der Waals surface area contributed by atoms with Gasteiger partial charge in [-0.3, -0.25) is 14.1 Å². The Morgan fingerprint density at radius 3 is 2.43 bits per heavy atom. The van der Waals surface area contributed by atoms with Gasteiger partial charge in [0.1, 0.15) is 6.54 Å². The molecule has 0 bridgehead atoms. The molecule has 0 spiro atoms. The summed E-state index contributed by atoms with van der Waals surface area (Å²) in [5, 5.41) is 3.08. The molecule has 1 N–H and O–H groups in total. The molecule has 0 aliphatic heterocycles. The number of benzene rings is 2. The Balaban J connectivity index is 1.98. The first-order chi connectivity index (χ1) is 13.4. The van der Waals surface area contributed by atoms with Gasteiger partial charge in [0, 0.05) is 11.2 Å². The van der Waals surface area contributed by atoms with Crippen molar-refractivity contribution in [2.24, 2.45) is 0 Å². The van der Waals surface area contributed by atoms with Crippen molar-refractivity contribution in [1.29, 1.82) is 0 Å². The van der Waals surface area contributed by atoms with Crippen LogP contribution >= 0.6 is 23.2 Å². The maximum Gasteiger partial charge on any atom is 0.264 e. The van der Waals surface area contributed by atoms with E-state index < -0.39 is 22.5 Å². The fourth-order valence-electron chi connectivity index (χ4n) is 2.47. The monoisotopic (exact) mass is 435 g/mol. The van der Waals surface area contributed by atoms with Gasteiger partial charge in [-0.05, 0) is 42.5 Å². The van der Waals surface area contributed by atoms with Crippen LogP contribution in [0.15, 0.2) is 78.0 Å². The SMILES string of the molecule is O=C(CN(c1ccc(Cl)cc1Cl)S(=O)(=O)c1ccccc1)Nc1cccnc1. The lowest BCUT2D eigenvalue weighted by Gasteiger charge is -2.25. The van der Waals surface area contributed by atoms with Gasteiger partial charge >= 0.3 is 0 Å². The Morgan fingerprint density at radius 2 is 1.79 bits per heavy atom. The van der Waals surface area contributed by atoms with E-state index >= 15 is 0 Å². The number of nitrogens with one attached hydrogen (secondary N) is 1. The van der Waals surface area contributed by atoms with Gasteiger partial charge in [-0.2, -0.15) is 0 Å². The number of hydrogen-bond donors (Lipinski definition) is 1. The van der Waals surface area contributed by atoms with Crippen LogP contribution in [-0.4, -0.2) is 25.9 Å². The summed E-state index contributed by atoms with van der Waals surface area (Å²) in [6.45, 7) is -0.479. The molecule has 6 nitrogen and oxygen atoms in total. The summed E-state index contributed by atoms with van der Waals surface area (Å²) in [6, 6.07) is 15.5. The van der Waals surface area contributed by atoms with Crippen LogP contribution in [0.1, 0.15) is 0 Å². The van der Waals surface area contributed by atoms with Crippen molar-refractivity contribution in [3.05, 3.63) is 83.1 Å². The fraction of sp³-hybridized carbons (Fsp3) is 0.0526. The molecule has 28 heavy (non-hydrogen) atoms. The number of carbonyl (C=O) groups is 1. The van der Waals surface area contributed by atoms with Crippen LogP contribution in [0.4, 0.5) is 11.4 Å². The molecule has 0 atom stereocenters. The molecule has 0 saturated heterocycles. The van der Waals surface area contributed by atoms with Crippen molar-refractivity contribution < 1.29 is 13.2 Å². The largest absolute Gasteiger partial charge is 0.323 e. The van der Waals surface area contributed by atoms with Gasteiger partial charge in [0.2, 0.25) is 5.91 Å². The molecular weight excluding hydrogens is 421 g/mol. The fourth-order valence-corrected chi connectivity index (χ4v) is 4.49. The van der Waals surface area contributed by atoms with Gasteiger partial charge in [-0.15, -0.1) is 0 Å². The molecule has 9 heteroatoms. The molecule has 3 rings (SSSR count). The second-order valence-corrected chi connectivity index (χ2v) is 8.42. The molecule has 0 aliphatic rings. The summed E-state index contributed by atoms with van der Waals surface area (Å²) in [4.78, 5) is 16.5. The third-order valence-corrected chi connectivity index (χ3v) is 6.05. The first kappa shape index (κ1) is 20.1. The summed E-state index contributed by atoms with van der Waals surface area (Å²) < 4.78 is 27.4. The van der Waals surface area contributed by atoms with Gasteiger partial charge in [0.25, 0.3) is 10.0 Å². The highest BCUT2D eigenvalue weighted by Crippen LogP contribution is 2.32. The normalized spacial score (nSPS) is 11.1. The second-order valence-electron chi connectivity index (χ2n) is 5.71. The predicted octanol–water partition coefficient (Wildman–Crippen LogP) is 4.22. The predicted molar refractivity (Wildman–Crippen MR) is 110 cm³/mol. The molecule has 0 fully saturated rings. The number of sulfonamides is 1. The third kappa shape index (κ3) is 4.62. The van der Waals surface area contributed by atoms with E-state index in [9.17, 15) is 13.2 Å². The van der Waals surface area contributed by atoms with Crippen LogP contribution < -0.4 is 9.62 Å². The first-order valence-electron chi connectivity index (χ1n) is 8.10. The van der Waals surface area contributed by atoms with E-state index in [0.717, 1.165) is 4.31 Å². The van der Waals surface area contributed by atoms with Gasteiger partial charge < -0.3 is 5.32 Å². The zero-order valence-electron chi connectivity index (χ0n) is 14.4. The Hall–Kier alpha value is -2.61. The summed E-state index contributed by atoms with van der Waals surface area (Å²) in [5.74, 6) is -0.543. The number of nitrogens with zero attached hydrogens (tertiary/aromatic N) is 2. The highest BCUT2D eigenvalue weighted by Gasteiger charge is 2.28. The van der Waals surface area contributed by atoms with E-state index in [1.807, 2.05) is 0 Å². The highest BCUT2D eigenvalue weighted by atomic mass is 35.5. The quantitative estimate of drug-likeness (QED) is 0.628. The molecule has 1 amide bonds. The Labute approximate surface area is 172 Å². The zero-order valence-corrected chi connectivity index (χ0v) is 16.7. The van der Waals surface area contributed by atoms with Crippen molar-refractivity contribution in [3.8, 4) is 0 Å². The molecule has 1 aromatic heterocycles. The number of aromatic nitrogens is 1. The van der Waals surface area contributed by atoms with Crippen LogP contribution in [0.3, 0.4) is 0 Å². The first-order valence-corrected chi connectivity index (χ1v) is 10.3. The summed E-state index contributed by atoms with van der Waals surface area (Å²) in [6.07, 6.45) is 3.03. The van der Waals surface area contributed by atoms with E-state index in [2.05, 4.69) is 10.3 Å². The van der Waals surface area contributed by atoms with E-state index in [0.29, 0.717) is 10.7 Å². The third-order valence-electron chi connectivity index (χ3n) is 3.74. The molecule has 2 aromatic carbocycles. The summed E-state index contributed by atoms with van der Waals surface area (Å²) in [5.41, 5.74) is 0.600. The van der Waals surface area contributed by atoms with Crippen molar-refractivity contribution in [2.75, 3.05) is 16.2 Å². The number of rotatable bonds is 6. The van der Waals surface area contributed by atoms with Crippen LogP contribution in [0.25, 0.3) is 0 Å². The molecule has 0 unspecified atom stereocenters. The van der Waals surface area contributed by atoms with Crippen LogP contribution in [0.5, 0.6) is 0 Å². The maximum absolute atomic E-state index is 13.2. The van der Waals surface area contributed by atoms with Crippen molar-refractivity contribution >= 4 is 50.5 Å². The van der Waals surface area contributed by atoms with Gasteiger partial charge in [-0.25, -0.2) is 8.42 Å². The van der Waals surface area contributed by atoms with E-state index in [-0.39, 0.29) is 15.6 Å². The van der Waals surface area contributed by atoms with E-state index in [4.69, 9.17) is 23.2 Å². The van der Waals surface area contributed by atoms with Crippen LogP contribution in [0, 0.1) is 0 Å².